The summed E-state index contributed by atoms with van der Waals surface area (Å²) in [6.07, 6.45) is -1.83. The van der Waals surface area contributed by atoms with Gasteiger partial charge in [-0.15, -0.1) is 0 Å². The van der Waals surface area contributed by atoms with Gasteiger partial charge >= 0.3 is 12.7 Å². The molecule has 0 spiro atoms. The number of likely N-dealkylation sites (N-methyl/N-ethyl adjacent to an activating group) is 1. The van der Waals surface area contributed by atoms with Crippen molar-refractivity contribution >= 4 is 21.8 Å². The molecule has 0 saturated carbocycles. The van der Waals surface area contributed by atoms with Gasteiger partial charge in [-0.25, -0.2) is 18.1 Å². The molecule has 26 heavy (non-hydrogen) atoms. The van der Waals surface area contributed by atoms with Crippen LogP contribution in [0.2, 0.25) is 0 Å². The van der Waals surface area contributed by atoms with Crippen LogP contribution in [0.4, 0.5) is 13.6 Å². The van der Waals surface area contributed by atoms with Gasteiger partial charge in [0, 0.05) is 12.6 Å². The minimum atomic E-state index is -4.14. The minimum Gasteiger partial charge on any atom is -0.435 e. The fraction of sp³-hybridized carbons (Fsp3) is 0.357. The van der Waals surface area contributed by atoms with Gasteiger partial charge in [0.15, 0.2) is 22.1 Å². The first-order valence-electron chi connectivity index (χ1n) is 6.92. The molecule has 0 aromatic heterocycles. The van der Waals surface area contributed by atoms with E-state index in [4.69, 9.17) is 11.0 Å². The number of alkyl halides is 2. The molecule has 0 radical (unpaired) electrons. The third-order valence-corrected chi connectivity index (χ3v) is 4.55. The van der Waals surface area contributed by atoms with Crippen LogP contribution in [0.1, 0.15) is 5.56 Å². The average molecular weight is 391 g/mol. The number of hydrogen-bond donors (Lipinski definition) is 1. The molecule has 2 N–H and O–H groups in total. The third-order valence-electron chi connectivity index (χ3n) is 2.98. The van der Waals surface area contributed by atoms with Gasteiger partial charge in [-0.2, -0.15) is 14.0 Å². The number of nitrogens with zero attached hydrogens (tertiary/aromatic N) is 2. The molecule has 9 nitrogen and oxygen atoms in total. The van der Waals surface area contributed by atoms with Gasteiger partial charge in [-0.3, -0.25) is 4.79 Å². The molecule has 0 fully saturated rings. The number of carbonyl (C=O) groups excluding carboxylic acids is 2. The summed E-state index contributed by atoms with van der Waals surface area (Å²) in [5.41, 5.74) is 4.73. The number of amides is 2. The first-order chi connectivity index (χ1) is 12.1. The highest BCUT2D eigenvalue weighted by atomic mass is 32.2. The maximum absolute atomic E-state index is 12.4. The maximum atomic E-state index is 12.4. The van der Waals surface area contributed by atoms with Crippen molar-refractivity contribution in [1.29, 1.82) is 5.26 Å². The van der Waals surface area contributed by atoms with E-state index >= 15 is 0 Å². The second-order valence-electron chi connectivity index (χ2n) is 4.96. The average Bonchev–Trinajstić information content (AvgIpc) is 2.53. The van der Waals surface area contributed by atoms with E-state index in [-0.39, 0.29) is 11.3 Å². The lowest BCUT2D eigenvalue weighted by Gasteiger charge is -2.18. The summed E-state index contributed by atoms with van der Waals surface area (Å²) in [5.74, 6) is -3.21. The number of nitrogens with two attached hydrogens (primary N) is 1. The number of primary amides is 1. The van der Waals surface area contributed by atoms with Crippen LogP contribution in [0.5, 0.6) is 5.75 Å². The summed E-state index contributed by atoms with van der Waals surface area (Å²) in [4.78, 5) is 23.3. The highest BCUT2D eigenvalue weighted by Gasteiger charge is 2.31. The molecule has 1 atom stereocenters. The molecular formula is C14H15F2N3O6S. The molecule has 1 rings (SSSR count). The third kappa shape index (κ3) is 6.52. The number of sulfone groups is 1. The summed E-state index contributed by atoms with van der Waals surface area (Å²) < 4.78 is 58.1. The molecule has 1 aromatic rings. The summed E-state index contributed by atoms with van der Waals surface area (Å²) in [6, 6.07) is 5.19. The van der Waals surface area contributed by atoms with Crippen LogP contribution in [0.15, 0.2) is 24.3 Å². The predicted molar refractivity (Wildman–Crippen MR) is 83.4 cm³/mol. The number of rotatable bonds is 8. The lowest BCUT2D eigenvalue weighted by molar-refractivity contribution is -0.134. The fourth-order valence-corrected chi connectivity index (χ4v) is 3.42. The van der Waals surface area contributed by atoms with Crippen LogP contribution in [-0.2, 0) is 25.1 Å². The summed E-state index contributed by atoms with van der Waals surface area (Å²) in [6.45, 7) is -3.16. The van der Waals surface area contributed by atoms with Crippen LogP contribution in [-0.4, -0.2) is 50.8 Å². The number of carbonyl (C=O) groups is 2. The van der Waals surface area contributed by atoms with Gasteiger partial charge in [0.1, 0.15) is 5.75 Å². The van der Waals surface area contributed by atoms with Gasteiger partial charge in [0.25, 0.3) is 5.91 Å². The number of hydrogen-bond acceptors (Lipinski definition) is 7. The van der Waals surface area contributed by atoms with E-state index < -0.39 is 46.1 Å². The summed E-state index contributed by atoms with van der Waals surface area (Å²) >= 11 is 0. The van der Waals surface area contributed by atoms with Gasteiger partial charge in [0.05, 0.1) is 11.5 Å². The van der Waals surface area contributed by atoms with Crippen LogP contribution in [0.3, 0.4) is 0 Å². The number of para-hydroxylation sites is 1. The van der Waals surface area contributed by atoms with Crippen LogP contribution >= 0.6 is 0 Å². The Hall–Kier alpha value is -2.94. The zero-order valence-electron chi connectivity index (χ0n) is 13.5. The Balaban J connectivity index is 3.04. The van der Waals surface area contributed by atoms with Gasteiger partial charge in [-0.05, 0) is 6.07 Å². The van der Waals surface area contributed by atoms with E-state index in [0.29, 0.717) is 4.90 Å². The summed E-state index contributed by atoms with van der Waals surface area (Å²) in [5, 5.41) is 8.69. The quantitative estimate of drug-likeness (QED) is 0.506. The van der Waals surface area contributed by atoms with Gasteiger partial charge in [-0.1, -0.05) is 18.2 Å². The van der Waals surface area contributed by atoms with E-state index in [9.17, 15) is 26.8 Å². The highest BCUT2D eigenvalue weighted by molar-refractivity contribution is 7.90. The van der Waals surface area contributed by atoms with Crippen LogP contribution in [0, 0.1) is 11.5 Å². The molecule has 0 bridgehead atoms. The minimum absolute atomic E-state index is 0.0771. The zero-order chi connectivity index (χ0) is 19.9. The van der Waals surface area contributed by atoms with E-state index in [0.717, 1.165) is 13.1 Å². The van der Waals surface area contributed by atoms with Crippen molar-refractivity contribution in [3.05, 3.63) is 29.8 Å². The first kappa shape index (κ1) is 21.1. The highest BCUT2D eigenvalue weighted by Crippen LogP contribution is 2.23. The molecule has 142 valence electrons. The topological polar surface area (TPSA) is 140 Å². The van der Waals surface area contributed by atoms with Crippen LogP contribution < -0.4 is 10.5 Å². The molecule has 0 unspecified atom stereocenters. The molecule has 0 aliphatic carbocycles. The van der Waals surface area contributed by atoms with Crippen molar-refractivity contribution in [2.75, 3.05) is 12.8 Å². The zero-order valence-corrected chi connectivity index (χ0v) is 14.3. The van der Waals surface area contributed by atoms with Crippen molar-refractivity contribution in [2.24, 2.45) is 5.73 Å². The second kappa shape index (κ2) is 8.95. The van der Waals surface area contributed by atoms with Gasteiger partial charge < -0.3 is 15.2 Å². The monoisotopic (exact) mass is 391 g/mol. The Morgan fingerprint density at radius 1 is 1.35 bits per heavy atom. The second-order valence-corrected chi connectivity index (χ2v) is 7.07. The molecule has 1 aromatic carbocycles. The standard InChI is InChI=1S/C14H15F2N3O6S/c1-19(8-17)12(20)11(25-14(18)21)7-26(22,23)6-9-4-2-3-5-10(9)24-13(15)16/h2-5,11,13H,6-7H2,1H3,(H2,18,21)/t11-/m0/s1. The normalized spacial score (nSPS) is 12.1. The van der Waals surface area contributed by atoms with Crippen molar-refractivity contribution in [2.45, 2.75) is 18.5 Å². The lowest BCUT2D eigenvalue weighted by Crippen LogP contribution is -2.42. The Morgan fingerprint density at radius 3 is 2.50 bits per heavy atom. The Bertz CT molecular complexity index is 809. The fourth-order valence-electron chi connectivity index (χ4n) is 1.92. The van der Waals surface area contributed by atoms with E-state index in [1.54, 1.807) is 0 Å². The summed E-state index contributed by atoms with van der Waals surface area (Å²) in [7, 11) is -3.10. The molecule has 0 saturated heterocycles. The number of nitriles is 1. The van der Waals surface area contributed by atoms with Crippen molar-refractivity contribution in [3.63, 3.8) is 0 Å². The Morgan fingerprint density at radius 2 is 1.96 bits per heavy atom. The number of halogens is 2. The first-order valence-corrected chi connectivity index (χ1v) is 8.74. The van der Waals surface area contributed by atoms with E-state index in [1.165, 1.54) is 24.4 Å². The SMILES string of the molecule is CN(C#N)C(=O)[C@H](CS(=O)(=O)Cc1ccccc1OC(F)F)OC(N)=O. The predicted octanol–water partition coefficient (Wildman–Crippen LogP) is 0.606. The Kier molecular flexibility index (Phi) is 7.27. The molecule has 0 heterocycles. The van der Waals surface area contributed by atoms with E-state index in [1.807, 2.05) is 0 Å². The molecule has 2 amide bonds. The van der Waals surface area contributed by atoms with Crippen molar-refractivity contribution in [1.82, 2.24) is 4.90 Å². The Labute approximate surface area is 147 Å². The van der Waals surface area contributed by atoms with E-state index in [2.05, 4.69) is 9.47 Å². The van der Waals surface area contributed by atoms with Crippen LogP contribution in [0.25, 0.3) is 0 Å². The van der Waals surface area contributed by atoms with Gasteiger partial charge in [0.2, 0.25) is 0 Å². The molecule has 0 aliphatic rings. The molecule has 12 heteroatoms. The van der Waals surface area contributed by atoms with Crippen molar-refractivity contribution in [3.8, 4) is 11.9 Å². The molecular weight excluding hydrogens is 376 g/mol. The number of benzene rings is 1. The maximum Gasteiger partial charge on any atom is 0.405 e. The lowest BCUT2D eigenvalue weighted by atomic mass is 10.2. The number of ether oxygens (including phenoxy) is 2. The van der Waals surface area contributed by atoms with Crippen molar-refractivity contribution < 1.29 is 36.3 Å². The largest absolute Gasteiger partial charge is 0.435 e. The molecule has 0 aliphatic heterocycles. The smallest absolute Gasteiger partial charge is 0.405 e.